The molecule has 0 atom stereocenters. The SMILES string of the molecule is N#Cc1csc(C2(C(=O)O)CCC(F)(F)CC2)c1. The van der Waals surface area contributed by atoms with Gasteiger partial charge in [0.05, 0.1) is 5.56 Å². The third-order valence-corrected chi connectivity index (χ3v) is 4.58. The minimum atomic E-state index is -2.77. The standard InChI is InChI=1S/C12H11F2NO2S/c13-12(14)3-1-11(2-4-12,10(16)17)9-5-8(6-15)7-18-9/h5,7H,1-4H2,(H,16,17). The third-order valence-electron chi connectivity index (χ3n) is 3.44. The predicted molar refractivity (Wildman–Crippen MR) is 61.8 cm³/mol. The van der Waals surface area contributed by atoms with Gasteiger partial charge in [0.25, 0.3) is 0 Å². The Morgan fingerprint density at radius 1 is 1.39 bits per heavy atom. The number of carboxylic acids is 1. The van der Waals surface area contributed by atoms with Crippen molar-refractivity contribution in [1.29, 1.82) is 5.26 Å². The second kappa shape index (κ2) is 4.32. The Kier molecular flexibility index (Phi) is 3.11. The number of thiophene rings is 1. The van der Waals surface area contributed by atoms with Crippen molar-refractivity contribution < 1.29 is 18.7 Å². The van der Waals surface area contributed by atoms with Crippen LogP contribution in [0.1, 0.15) is 36.1 Å². The molecule has 3 nitrogen and oxygen atoms in total. The summed E-state index contributed by atoms with van der Waals surface area (Å²) in [5.74, 6) is -3.85. The summed E-state index contributed by atoms with van der Waals surface area (Å²) in [5.41, 5.74) is -0.866. The number of aliphatic carboxylic acids is 1. The molecule has 0 radical (unpaired) electrons. The fraction of sp³-hybridized carbons (Fsp3) is 0.500. The second-order valence-corrected chi connectivity index (χ2v) is 5.47. The smallest absolute Gasteiger partial charge is 0.314 e. The molecule has 6 heteroatoms. The van der Waals surface area contributed by atoms with Crippen LogP contribution in [0.2, 0.25) is 0 Å². The van der Waals surface area contributed by atoms with Crippen LogP contribution >= 0.6 is 11.3 Å². The number of nitriles is 1. The van der Waals surface area contributed by atoms with Crippen LogP contribution < -0.4 is 0 Å². The Labute approximate surface area is 107 Å². The molecule has 1 aromatic rings. The molecular weight excluding hydrogens is 260 g/mol. The first-order valence-corrected chi connectivity index (χ1v) is 6.38. The second-order valence-electron chi connectivity index (χ2n) is 4.55. The van der Waals surface area contributed by atoms with E-state index in [0.29, 0.717) is 10.4 Å². The van der Waals surface area contributed by atoms with Gasteiger partial charge in [-0.1, -0.05) is 0 Å². The maximum Gasteiger partial charge on any atom is 0.314 e. The van der Waals surface area contributed by atoms with Gasteiger partial charge in [0.2, 0.25) is 5.92 Å². The summed E-state index contributed by atoms with van der Waals surface area (Å²) in [4.78, 5) is 12.0. The molecule has 0 aliphatic heterocycles. The molecule has 1 aliphatic rings. The molecular formula is C12H11F2NO2S. The molecule has 2 rings (SSSR count). The molecule has 1 saturated carbocycles. The fourth-order valence-corrected chi connectivity index (χ4v) is 3.34. The zero-order valence-corrected chi connectivity index (χ0v) is 10.3. The van der Waals surface area contributed by atoms with Crippen molar-refractivity contribution >= 4 is 17.3 Å². The van der Waals surface area contributed by atoms with Crippen LogP contribution in [0.15, 0.2) is 11.4 Å². The fourth-order valence-electron chi connectivity index (χ4n) is 2.25. The third kappa shape index (κ3) is 2.10. The topological polar surface area (TPSA) is 61.1 Å². The monoisotopic (exact) mass is 271 g/mol. The Balaban J connectivity index is 2.35. The van der Waals surface area contributed by atoms with Crippen molar-refractivity contribution in [3.63, 3.8) is 0 Å². The van der Waals surface area contributed by atoms with Crippen LogP contribution in [0, 0.1) is 11.3 Å². The highest BCUT2D eigenvalue weighted by Crippen LogP contribution is 2.47. The van der Waals surface area contributed by atoms with Crippen LogP contribution in [-0.4, -0.2) is 17.0 Å². The lowest BCUT2D eigenvalue weighted by molar-refractivity contribution is -0.148. The largest absolute Gasteiger partial charge is 0.481 e. The lowest BCUT2D eigenvalue weighted by Gasteiger charge is -2.35. The number of nitrogens with zero attached hydrogens (tertiary/aromatic N) is 1. The van der Waals surface area contributed by atoms with Crippen LogP contribution in [0.5, 0.6) is 0 Å². The van der Waals surface area contributed by atoms with Gasteiger partial charge in [-0.2, -0.15) is 5.26 Å². The summed E-state index contributed by atoms with van der Waals surface area (Å²) < 4.78 is 26.3. The number of carboxylic acid groups (broad SMARTS) is 1. The molecule has 0 unspecified atom stereocenters. The van der Waals surface area contributed by atoms with Crippen LogP contribution in [0.4, 0.5) is 8.78 Å². The highest BCUT2D eigenvalue weighted by atomic mass is 32.1. The van der Waals surface area contributed by atoms with Gasteiger partial charge in [-0.25, -0.2) is 8.78 Å². The van der Waals surface area contributed by atoms with E-state index < -0.39 is 30.1 Å². The zero-order chi connectivity index (χ0) is 13.4. The molecule has 0 aromatic carbocycles. The molecule has 1 heterocycles. The number of hydrogen-bond donors (Lipinski definition) is 1. The quantitative estimate of drug-likeness (QED) is 0.898. The normalized spacial score (nSPS) is 21.2. The van der Waals surface area contributed by atoms with E-state index in [1.54, 1.807) is 5.38 Å². The average Bonchev–Trinajstić information content (AvgIpc) is 2.78. The first kappa shape index (κ1) is 13.0. The van der Waals surface area contributed by atoms with Crippen LogP contribution in [0.3, 0.4) is 0 Å². The molecule has 0 amide bonds. The Morgan fingerprint density at radius 3 is 2.44 bits per heavy atom. The van der Waals surface area contributed by atoms with E-state index >= 15 is 0 Å². The molecule has 18 heavy (non-hydrogen) atoms. The summed E-state index contributed by atoms with van der Waals surface area (Å²) in [7, 11) is 0. The zero-order valence-electron chi connectivity index (χ0n) is 9.45. The van der Waals surface area contributed by atoms with Gasteiger partial charge in [-0.15, -0.1) is 11.3 Å². The van der Waals surface area contributed by atoms with Crippen molar-refractivity contribution in [3.05, 3.63) is 21.9 Å². The van der Waals surface area contributed by atoms with Crippen molar-refractivity contribution in [2.45, 2.75) is 37.0 Å². The Morgan fingerprint density at radius 2 is 2.00 bits per heavy atom. The minimum Gasteiger partial charge on any atom is -0.481 e. The van der Waals surface area contributed by atoms with E-state index in [9.17, 15) is 18.7 Å². The van der Waals surface area contributed by atoms with Crippen LogP contribution in [0.25, 0.3) is 0 Å². The Hall–Kier alpha value is -1.48. The van der Waals surface area contributed by atoms with Gasteiger partial charge in [0.1, 0.15) is 11.5 Å². The molecule has 0 saturated heterocycles. The van der Waals surface area contributed by atoms with E-state index in [1.807, 2.05) is 6.07 Å². The highest BCUT2D eigenvalue weighted by Gasteiger charge is 2.49. The number of rotatable bonds is 2. The summed E-state index contributed by atoms with van der Waals surface area (Å²) in [6.07, 6.45) is -1.00. The number of carbonyl (C=O) groups is 1. The van der Waals surface area contributed by atoms with E-state index in [1.165, 1.54) is 6.07 Å². The molecule has 0 bridgehead atoms. The van der Waals surface area contributed by atoms with Crippen molar-refractivity contribution in [2.24, 2.45) is 0 Å². The number of hydrogen-bond acceptors (Lipinski definition) is 3. The van der Waals surface area contributed by atoms with Gasteiger partial charge < -0.3 is 5.11 Å². The summed E-state index contributed by atoms with van der Waals surface area (Å²) >= 11 is 1.16. The lowest BCUT2D eigenvalue weighted by Crippen LogP contribution is -2.42. The van der Waals surface area contributed by atoms with E-state index in [2.05, 4.69) is 0 Å². The summed E-state index contributed by atoms with van der Waals surface area (Å²) in [6.45, 7) is 0. The highest BCUT2D eigenvalue weighted by molar-refractivity contribution is 7.10. The molecule has 0 spiro atoms. The maximum atomic E-state index is 13.2. The molecule has 96 valence electrons. The maximum absolute atomic E-state index is 13.2. The molecule has 1 fully saturated rings. The summed E-state index contributed by atoms with van der Waals surface area (Å²) in [6, 6.07) is 3.43. The number of halogens is 2. The first-order valence-electron chi connectivity index (χ1n) is 5.50. The first-order chi connectivity index (χ1) is 8.39. The van der Waals surface area contributed by atoms with E-state index in [-0.39, 0.29) is 12.8 Å². The van der Waals surface area contributed by atoms with Gasteiger partial charge in [0.15, 0.2) is 0 Å². The molecule has 1 aliphatic carbocycles. The summed E-state index contributed by atoms with van der Waals surface area (Å²) in [5, 5.41) is 19.7. The van der Waals surface area contributed by atoms with Crippen molar-refractivity contribution in [1.82, 2.24) is 0 Å². The van der Waals surface area contributed by atoms with Gasteiger partial charge in [0, 0.05) is 23.1 Å². The van der Waals surface area contributed by atoms with Crippen molar-refractivity contribution in [3.8, 4) is 6.07 Å². The van der Waals surface area contributed by atoms with Gasteiger partial charge in [-0.3, -0.25) is 4.79 Å². The minimum absolute atomic E-state index is 0.0826. The van der Waals surface area contributed by atoms with Crippen molar-refractivity contribution in [2.75, 3.05) is 0 Å². The average molecular weight is 271 g/mol. The number of alkyl halides is 2. The predicted octanol–water partition coefficient (Wildman–Crippen LogP) is 3.15. The van der Waals surface area contributed by atoms with E-state index in [0.717, 1.165) is 11.3 Å². The van der Waals surface area contributed by atoms with E-state index in [4.69, 9.17) is 5.26 Å². The molecule has 1 aromatic heterocycles. The van der Waals surface area contributed by atoms with Gasteiger partial charge in [-0.05, 0) is 18.9 Å². The van der Waals surface area contributed by atoms with Gasteiger partial charge >= 0.3 is 5.97 Å². The Bertz CT molecular complexity index is 508. The lowest BCUT2D eigenvalue weighted by atomic mass is 9.71. The van der Waals surface area contributed by atoms with Crippen LogP contribution in [-0.2, 0) is 10.2 Å². The molecule has 1 N–H and O–H groups in total.